The molecule has 4 aromatic rings. The van der Waals surface area contributed by atoms with Gasteiger partial charge in [-0.2, -0.15) is 0 Å². The molecule has 2 aromatic carbocycles. The minimum atomic E-state index is -0.825. The van der Waals surface area contributed by atoms with Gasteiger partial charge in [0.2, 0.25) is 0 Å². The Morgan fingerprint density at radius 3 is 1.48 bits per heavy atom. The van der Waals surface area contributed by atoms with Gasteiger partial charge in [-0.15, -0.1) is 0 Å². The SMILES string of the molecule is COC(=O)C1CCN(c2c(F)cccc2NC(=O)C2=NC(c3ccnc(C)c3)=CC2)CC1.Cc1cc(C2=CCC(C(=O)Nc3cccc(F)c3N3CCC(C(=O)O)CC3)=N2)ccn1.[Na+].[OH-]. The second-order valence-corrected chi connectivity index (χ2v) is 15.6. The topological polar surface area (TPSA) is 209 Å². The van der Waals surface area contributed by atoms with Crippen LogP contribution in [0.15, 0.2) is 95.2 Å². The van der Waals surface area contributed by atoms with Gasteiger partial charge in [-0.3, -0.25) is 29.1 Å². The van der Waals surface area contributed by atoms with Gasteiger partial charge in [-0.05, 0) is 88.1 Å². The first-order valence-electron chi connectivity index (χ1n) is 20.8. The minimum Gasteiger partial charge on any atom is -0.870 e. The Bertz CT molecular complexity index is 2550. The molecular formula is C47H49F2N8NaO7. The van der Waals surface area contributed by atoms with E-state index in [1.807, 2.05) is 55.2 Å². The number of pyridine rings is 2. The largest absolute Gasteiger partial charge is 1.00 e. The van der Waals surface area contributed by atoms with Crippen molar-refractivity contribution >= 4 is 69.3 Å². The second kappa shape index (κ2) is 22.7. The summed E-state index contributed by atoms with van der Waals surface area (Å²) < 4.78 is 34.3. The Morgan fingerprint density at radius 2 is 1.09 bits per heavy atom. The number of ether oxygens (including phenoxy) is 1. The molecule has 0 radical (unpaired) electrons. The number of nitrogens with zero attached hydrogens (tertiary/aromatic N) is 6. The average molecular weight is 899 g/mol. The molecule has 0 unspecified atom stereocenters. The number of carbonyl (C=O) groups excluding carboxylic acids is 3. The first-order chi connectivity index (χ1) is 30.4. The number of methoxy groups -OCH3 is 1. The standard InChI is InChI=1S/C24H25FN4O3.C23H23FN4O3.Na.H2O/c1-15-14-17(8-11-26-15)19-6-7-21(27-19)23(30)28-20-5-3-4-18(25)22(20)29-12-9-16(10-13-29)24(31)32-2;1-14-13-16(7-10-25-14)18-5-6-20(26-18)22(29)27-19-4-2-3-17(24)21(19)28-11-8-15(9-12-28)23(30)31;;/h3-6,8,11,14,16H,7,9-10,12-13H2,1-2H3,(H,28,30);2-5,7,10,13,15H,6,8-9,11-12H2,1H3,(H,27,29)(H,30,31);;1H2/q;;+1;/p-1. The van der Waals surface area contributed by atoms with Gasteiger partial charge in [-0.25, -0.2) is 18.8 Å². The monoisotopic (exact) mass is 898 g/mol. The number of carboxylic acid groups (broad SMARTS) is 1. The van der Waals surface area contributed by atoms with Crippen molar-refractivity contribution in [1.29, 1.82) is 0 Å². The van der Waals surface area contributed by atoms with Crippen molar-refractivity contribution < 1.29 is 72.8 Å². The van der Waals surface area contributed by atoms with Crippen molar-refractivity contribution in [3.63, 3.8) is 0 Å². The molecule has 0 atom stereocenters. The zero-order valence-corrected chi connectivity index (χ0v) is 38.7. The molecule has 15 nitrogen and oxygen atoms in total. The van der Waals surface area contributed by atoms with Gasteiger partial charge in [0, 0.05) is 73.9 Å². The summed E-state index contributed by atoms with van der Waals surface area (Å²) in [5, 5.41) is 14.8. The zero-order chi connectivity index (χ0) is 44.6. The zero-order valence-electron chi connectivity index (χ0n) is 36.7. The number of para-hydroxylation sites is 2. The van der Waals surface area contributed by atoms with Crippen LogP contribution in [-0.4, -0.2) is 89.0 Å². The number of halogens is 2. The van der Waals surface area contributed by atoms with Crippen LogP contribution in [0.4, 0.5) is 31.5 Å². The number of aryl methyl sites for hydroxylation is 2. The summed E-state index contributed by atoms with van der Waals surface area (Å²) in [4.78, 5) is 69.7. The van der Waals surface area contributed by atoms with E-state index in [0.29, 0.717) is 98.9 Å². The number of rotatable bonds is 10. The maximum atomic E-state index is 14.8. The van der Waals surface area contributed by atoms with Crippen molar-refractivity contribution in [2.45, 2.75) is 52.4 Å². The van der Waals surface area contributed by atoms with E-state index in [9.17, 15) is 33.1 Å². The van der Waals surface area contributed by atoms with E-state index in [4.69, 9.17) is 4.74 Å². The molecule has 0 spiro atoms. The molecule has 2 aromatic heterocycles. The van der Waals surface area contributed by atoms with E-state index in [-0.39, 0.29) is 64.4 Å². The van der Waals surface area contributed by atoms with Crippen molar-refractivity contribution in [2.75, 3.05) is 53.7 Å². The predicted octanol–water partition coefficient (Wildman–Crippen LogP) is 4.22. The third-order valence-electron chi connectivity index (χ3n) is 11.4. The molecule has 0 saturated carbocycles. The van der Waals surface area contributed by atoms with Gasteiger partial charge in [0.25, 0.3) is 11.8 Å². The number of aliphatic carboxylic acids is 1. The molecule has 2 saturated heterocycles. The predicted molar refractivity (Wildman–Crippen MR) is 240 cm³/mol. The van der Waals surface area contributed by atoms with Crippen LogP contribution in [0.3, 0.4) is 0 Å². The molecule has 4 aliphatic rings. The Labute approximate surface area is 397 Å². The van der Waals surface area contributed by atoms with Crippen LogP contribution in [0.1, 0.15) is 61.0 Å². The van der Waals surface area contributed by atoms with Gasteiger partial charge in [0.05, 0.1) is 53.1 Å². The number of carboxylic acids is 1. The number of carbonyl (C=O) groups is 4. The smallest absolute Gasteiger partial charge is 0.870 e. The summed E-state index contributed by atoms with van der Waals surface area (Å²) in [6.07, 6.45) is 9.98. The molecular weight excluding hydrogens is 850 g/mol. The molecule has 18 heteroatoms. The molecule has 2 amide bonds. The molecule has 65 heavy (non-hydrogen) atoms. The Morgan fingerprint density at radius 1 is 0.677 bits per heavy atom. The molecule has 8 rings (SSSR count). The quantitative estimate of drug-likeness (QED) is 0.152. The number of aliphatic imine (C=N–C) groups is 2. The summed E-state index contributed by atoms with van der Waals surface area (Å²) >= 11 is 0. The summed E-state index contributed by atoms with van der Waals surface area (Å²) in [6.45, 7) is 5.61. The third kappa shape index (κ3) is 12.2. The van der Waals surface area contributed by atoms with Gasteiger partial charge >= 0.3 is 41.5 Å². The Balaban J connectivity index is 0.000000237. The number of aromatic nitrogens is 2. The number of amides is 2. The maximum absolute atomic E-state index is 14.8. The van der Waals surface area contributed by atoms with Crippen LogP contribution in [0.2, 0.25) is 0 Å². The van der Waals surface area contributed by atoms with E-state index in [2.05, 4.69) is 30.6 Å². The number of allylic oxidation sites excluding steroid dienone is 2. The van der Waals surface area contributed by atoms with Crippen LogP contribution in [-0.2, 0) is 23.9 Å². The van der Waals surface area contributed by atoms with Crippen molar-refractivity contribution in [2.24, 2.45) is 21.8 Å². The Hall–Kier alpha value is -6.14. The minimum absolute atomic E-state index is 0. The van der Waals surface area contributed by atoms with Crippen molar-refractivity contribution in [3.05, 3.63) is 119 Å². The molecule has 4 N–H and O–H groups in total. The van der Waals surface area contributed by atoms with Gasteiger partial charge in [-0.1, -0.05) is 24.3 Å². The van der Waals surface area contributed by atoms with Crippen LogP contribution in [0.5, 0.6) is 0 Å². The average Bonchev–Trinajstić information content (AvgIpc) is 3.99. The third-order valence-corrected chi connectivity index (χ3v) is 11.4. The van der Waals surface area contributed by atoms with E-state index in [1.54, 1.807) is 41.6 Å². The first kappa shape index (κ1) is 49.9. The molecule has 0 aliphatic carbocycles. The van der Waals surface area contributed by atoms with Crippen LogP contribution in [0.25, 0.3) is 11.4 Å². The Kier molecular flexibility index (Phi) is 17.4. The fourth-order valence-corrected chi connectivity index (χ4v) is 8.04. The fraction of sp³-hybridized carbons (Fsp3) is 0.319. The number of anilines is 4. The molecule has 6 heterocycles. The van der Waals surface area contributed by atoms with E-state index in [1.165, 1.54) is 19.2 Å². The number of nitrogens with one attached hydrogen (secondary N) is 2. The fourth-order valence-electron chi connectivity index (χ4n) is 8.04. The van der Waals surface area contributed by atoms with Crippen LogP contribution in [0, 0.1) is 37.3 Å². The summed E-state index contributed by atoms with van der Waals surface area (Å²) in [5.41, 5.74) is 7.06. The maximum Gasteiger partial charge on any atom is 1.00 e. The normalized spacial score (nSPS) is 16.0. The second-order valence-electron chi connectivity index (χ2n) is 15.6. The molecule has 4 aliphatic heterocycles. The van der Waals surface area contributed by atoms with E-state index >= 15 is 0 Å². The number of piperidine rings is 2. The number of esters is 1. The van der Waals surface area contributed by atoms with E-state index in [0.717, 1.165) is 28.2 Å². The first-order valence-corrected chi connectivity index (χ1v) is 20.8. The van der Waals surface area contributed by atoms with Crippen LogP contribution < -0.4 is 50.0 Å². The molecule has 2 fully saturated rings. The van der Waals surface area contributed by atoms with Gasteiger partial charge in [0.1, 0.15) is 23.1 Å². The van der Waals surface area contributed by atoms with E-state index < -0.39 is 23.5 Å². The summed E-state index contributed by atoms with van der Waals surface area (Å²) in [7, 11) is 1.38. The number of hydrogen-bond donors (Lipinski definition) is 3. The van der Waals surface area contributed by atoms with Gasteiger partial charge in [0.15, 0.2) is 0 Å². The van der Waals surface area contributed by atoms with Crippen molar-refractivity contribution in [1.82, 2.24) is 9.97 Å². The van der Waals surface area contributed by atoms with Gasteiger partial charge < -0.3 is 35.8 Å². The number of hydrogen-bond acceptors (Lipinski definition) is 12. The summed E-state index contributed by atoms with van der Waals surface area (Å²) in [5.74, 6) is -3.29. The van der Waals surface area contributed by atoms with Crippen molar-refractivity contribution in [3.8, 4) is 0 Å². The molecule has 334 valence electrons. The number of benzene rings is 2. The molecule has 0 bridgehead atoms. The summed E-state index contributed by atoms with van der Waals surface area (Å²) in [6, 6.07) is 16.7. The van der Waals surface area contributed by atoms with Crippen LogP contribution >= 0.6 is 0 Å².